The quantitative estimate of drug-likeness (QED) is 0.881. The largest absolute Gasteiger partial charge is 0.392 e. The topological polar surface area (TPSA) is 29.5 Å². The monoisotopic (exact) mass is 242 g/mol. The van der Waals surface area contributed by atoms with Crippen LogP contribution in [0.5, 0.6) is 0 Å². The molecule has 0 radical (unpaired) electrons. The van der Waals surface area contributed by atoms with Crippen LogP contribution in [0, 0.1) is 17.6 Å². The van der Waals surface area contributed by atoms with Gasteiger partial charge >= 0.3 is 0 Å². The number of halogens is 2. The van der Waals surface area contributed by atoms with Crippen molar-refractivity contribution in [2.75, 3.05) is 13.2 Å². The first-order valence-corrected chi connectivity index (χ1v) is 5.86. The highest BCUT2D eigenvalue weighted by Crippen LogP contribution is 2.22. The van der Waals surface area contributed by atoms with Crippen LogP contribution in [0.15, 0.2) is 18.2 Å². The second-order valence-electron chi connectivity index (χ2n) is 4.46. The van der Waals surface area contributed by atoms with Gasteiger partial charge in [-0.15, -0.1) is 0 Å². The summed E-state index contributed by atoms with van der Waals surface area (Å²) in [6, 6.07) is 3.33. The summed E-state index contributed by atoms with van der Waals surface area (Å²) in [6.07, 6.45) is 1.08. The van der Waals surface area contributed by atoms with Crippen LogP contribution in [0.4, 0.5) is 8.78 Å². The van der Waals surface area contributed by atoms with E-state index in [0.717, 1.165) is 31.0 Å². The normalized spacial score (nSPS) is 19.2. The molecule has 1 heterocycles. The zero-order valence-corrected chi connectivity index (χ0v) is 9.53. The number of benzene rings is 1. The molecule has 1 unspecified atom stereocenters. The first kappa shape index (κ1) is 12.5. The van der Waals surface area contributed by atoms with E-state index in [0.29, 0.717) is 13.2 Å². The summed E-state index contributed by atoms with van der Waals surface area (Å²) in [6.45, 7) is 1.26. The fraction of sp³-hybridized carbons (Fsp3) is 0.538. The fourth-order valence-corrected chi connectivity index (χ4v) is 2.19. The Kier molecular flexibility index (Phi) is 4.07. The summed E-state index contributed by atoms with van der Waals surface area (Å²) >= 11 is 0. The Balaban J connectivity index is 2.01. The fourth-order valence-electron chi connectivity index (χ4n) is 2.19. The highest BCUT2D eigenvalue weighted by molar-refractivity contribution is 5.19. The molecule has 0 aliphatic carbocycles. The minimum absolute atomic E-state index is 0.117. The van der Waals surface area contributed by atoms with Crippen molar-refractivity contribution >= 4 is 0 Å². The van der Waals surface area contributed by atoms with Crippen LogP contribution in [-0.2, 0) is 11.2 Å². The summed E-state index contributed by atoms with van der Waals surface area (Å²) in [7, 11) is 0. The van der Waals surface area contributed by atoms with Gasteiger partial charge in [0.25, 0.3) is 0 Å². The van der Waals surface area contributed by atoms with Gasteiger partial charge < -0.3 is 9.84 Å². The van der Waals surface area contributed by atoms with Gasteiger partial charge in [0.1, 0.15) is 11.6 Å². The third-order valence-electron chi connectivity index (χ3n) is 3.25. The van der Waals surface area contributed by atoms with Crippen LogP contribution < -0.4 is 0 Å². The SMILES string of the molecule is OC(Cc1cc(F)ccc1F)C1CCOCC1. The summed E-state index contributed by atoms with van der Waals surface area (Å²) in [5, 5.41) is 10.00. The van der Waals surface area contributed by atoms with Crippen molar-refractivity contribution in [1.82, 2.24) is 0 Å². The van der Waals surface area contributed by atoms with E-state index in [1.165, 1.54) is 0 Å². The lowest BCUT2D eigenvalue weighted by atomic mass is 9.90. The smallest absolute Gasteiger partial charge is 0.126 e. The molecule has 0 amide bonds. The molecule has 2 nitrogen and oxygen atoms in total. The van der Waals surface area contributed by atoms with Gasteiger partial charge in [-0.3, -0.25) is 0 Å². The molecule has 1 N–H and O–H groups in total. The van der Waals surface area contributed by atoms with E-state index >= 15 is 0 Å². The molecule has 0 aromatic heterocycles. The second kappa shape index (κ2) is 5.56. The van der Waals surface area contributed by atoms with Crippen molar-refractivity contribution in [3.8, 4) is 0 Å². The minimum Gasteiger partial charge on any atom is -0.392 e. The zero-order valence-electron chi connectivity index (χ0n) is 9.53. The summed E-state index contributed by atoms with van der Waals surface area (Å²) in [5.74, 6) is -0.815. The Bertz CT molecular complexity index is 376. The Morgan fingerprint density at radius 3 is 2.71 bits per heavy atom. The number of rotatable bonds is 3. The van der Waals surface area contributed by atoms with Crippen molar-refractivity contribution in [2.24, 2.45) is 5.92 Å². The van der Waals surface area contributed by atoms with E-state index < -0.39 is 17.7 Å². The van der Waals surface area contributed by atoms with E-state index in [2.05, 4.69) is 0 Å². The third kappa shape index (κ3) is 3.23. The van der Waals surface area contributed by atoms with E-state index in [1.54, 1.807) is 0 Å². The lowest BCUT2D eigenvalue weighted by molar-refractivity contribution is 0.00810. The first-order chi connectivity index (χ1) is 8.16. The summed E-state index contributed by atoms with van der Waals surface area (Å²) in [5.41, 5.74) is 0.240. The Morgan fingerprint density at radius 1 is 1.29 bits per heavy atom. The number of hydrogen-bond donors (Lipinski definition) is 1. The van der Waals surface area contributed by atoms with Crippen LogP contribution in [0.2, 0.25) is 0 Å². The van der Waals surface area contributed by atoms with Crippen molar-refractivity contribution in [1.29, 1.82) is 0 Å². The maximum absolute atomic E-state index is 13.4. The molecule has 0 bridgehead atoms. The number of aliphatic hydroxyl groups is 1. The lowest BCUT2D eigenvalue weighted by Crippen LogP contribution is -2.29. The number of ether oxygens (including phenoxy) is 1. The molecule has 94 valence electrons. The third-order valence-corrected chi connectivity index (χ3v) is 3.25. The molecule has 1 atom stereocenters. The molecule has 1 aromatic carbocycles. The maximum Gasteiger partial charge on any atom is 0.126 e. The molecule has 1 aliphatic heterocycles. The lowest BCUT2D eigenvalue weighted by Gasteiger charge is -2.26. The minimum atomic E-state index is -0.629. The van der Waals surface area contributed by atoms with Gasteiger partial charge in [0.2, 0.25) is 0 Å². The van der Waals surface area contributed by atoms with Gasteiger partial charge in [0.15, 0.2) is 0 Å². The molecule has 2 rings (SSSR count). The highest BCUT2D eigenvalue weighted by atomic mass is 19.1. The Hall–Kier alpha value is -1.00. The van der Waals surface area contributed by atoms with Crippen LogP contribution in [-0.4, -0.2) is 24.4 Å². The average molecular weight is 242 g/mol. The van der Waals surface area contributed by atoms with Crippen molar-refractivity contribution in [3.05, 3.63) is 35.4 Å². The number of hydrogen-bond acceptors (Lipinski definition) is 2. The maximum atomic E-state index is 13.4. The highest BCUT2D eigenvalue weighted by Gasteiger charge is 2.23. The van der Waals surface area contributed by atoms with Gasteiger partial charge in [0, 0.05) is 19.6 Å². The molecule has 0 spiro atoms. The van der Waals surface area contributed by atoms with Gasteiger partial charge in [-0.2, -0.15) is 0 Å². The van der Waals surface area contributed by atoms with Crippen LogP contribution in [0.3, 0.4) is 0 Å². The predicted molar refractivity (Wildman–Crippen MR) is 59.6 cm³/mol. The van der Waals surface area contributed by atoms with Crippen molar-refractivity contribution < 1.29 is 18.6 Å². The average Bonchev–Trinajstić information content (AvgIpc) is 2.35. The van der Waals surface area contributed by atoms with E-state index in [1.807, 2.05) is 0 Å². The molecule has 4 heteroatoms. The van der Waals surface area contributed by atoms with Gasteiger partial charge in [-0.1, -0.05) is 0 Å². The molecule has 17 heavy (non-hydrogen) atoms. The summed E-state index contributed by atoms with van der Waals surface area (Å²) < 4.78 is 31.6. The molecule has 0 saturated carbocycles. The van der Waals surface area contributed by atoms with Gasteiger partial charge in [-0.05, 0) is 42.5 Å². The van der Waals surface area contributed by atoms with E-state index in [9.17, 15) is 13.9 Å². The molecular weight excluding hydrogens is 226 g/mol. The van der Waals surface area contributed by atoms with Crippen molar-refractivity contribution in [2.45, 2.75) is 25.4 Å². The van der Waals surface area contributed by atoms with Crippen LogP contribution in [0.1, 0.15) is 18.4 Å². The van der Waals surface area contributed by atoms with Crippen LogP contribution in [0.25, 0.3) is 0 Å². The molecule has 1 aromatic rings. The Labute approximate surface area is 99.2 Å². The number of aliphatic hydroxyl groups excluding tert-OH is 1. The molecule has 1 saturated heterocycles. The van der Waals surface area contributed by atoms with Gasteiger partial charge in [0.05, 0.1) is 6.10 Å². The second-order valence-corrected chi connectivity index (χ2v) is 4.46. The van der Waals surface area contributed by atoms with E-state index in [-0.39, 0.29) is 17.9 Å². The summed E-state index contributed by atoms with van der Waals surface area (Å²) in [4.78, 5) is 0. The molecule has 1 fully saturated rings. The van der Waals surface area contributed by atoms with E-state index in [4.69, 9.17) is 4.74 Å². The van der Waals surface area contributed by atoms with Crippen LogP contribution >= 0.6 is 0 Å². The van der Waals surface area contributed by atoms with Crippen molar-refractivity contribution in [3.63, 3.8) is 0 Å². The molecular formula is C13H16F2O2. The predicted octanol–water partition coefficient (Wildman–Crippen LogP) is 2.29. The first-order valence-electron chi connectivity index (χ1n) is 5.86. The standard InChI is InChI=1S/C13H16F2O2/c14-11-1-2-12(15)10(7-11)8-13(16)9-3-5-17-6-4-9/h1-2,7,9,13,16H,3-6,8H2. The van der Waals surface area contributed by atoms with Gasteiger partial charge in [-0.25, -0.2) is 8.78 Å². The Morgan fingerprint density at radius 2 is 2.00 bits per heavy atom. The zero-order chi connectivity index (χ0) is 12.3. The molecule has 1 aliphatic rings.